The average Bonchev–Trinajstić information content (AvgIpc) is 2.46. The van der Waals surface area contributed by atoms with Crippen LogP contribution in [0, 0.1) is 0 Å². The van der Waals surface area contributed by atoms with Crippen molar-refractivity contribution < 1.29 is 19.1 Å². The quantitative estimate of drug-likeness (QED) is 0.732. The number of aromatic nitrogens is 1. The van der Waals surface area contributed by atoms with E-state index in [1.165, 1.54) is 15.5 Å². The highest BCUT2D eigenvalue weighted by Crippen LogP contribution is 2.22. The van der Waals surface area contributed by atoms with Crippen LogP contribution in [0.1, 0.15) is 59.9 Å². The first kappa shape index (κ1) is 22.7. The molecule has 7 nitrogen and oxygen atoms in total. The summed E-state index contributed by atoms with van der Waals surface area (Å²) in [5, 5.41) is 0. The lowest BCUT2D eigenvalue weighted by molar-refractivity contribution is -0.154. The predicted molar refractivity (Wildman–Crippen MR) is 105 cm³/mol. The molecule has 152 valence electrons. The van der Waals surface area contributed by atoms with Gasteiger partial charge in [0.05, 0.1) is 5.69 Å². The van der Waals surface area contributed by atoms with Gasteiger partial charge in [0.25, 0.3) is 5.56 Å². The second kappa shape index (κ2) is 8.59. The summed E-state index contributed by atoms with van der Waals surface area (Å²) in [5.41, 5.74) is -0.112. The number of amides is 1. The van der Waals surface area contributed by atoms with Crippen molar-refractivity contribution in [2.24, 2.45) is 7.05 Å². The Labute approximate surface area is 161 Å². The Morgan fingerprint density at radius 1 is 1.07 bits per heavy atom. The van der Waals surface area contributed by atoms with Crippen LogP contribution in [0.3, 0.4) is 0 Å². The van der Waals surface area contributed by atoms with E-state index in [0.717, 1.165) is 5.56 Å². The Morgan fingerprint density at radius 3 is 2.15 bits per heavy atom. The normalized spacial score (nSPS) is 11.9. The number of hydrogen-bond donors (Lipinski definition) is 0. The lowest BCUT2D eigenvalue weighted by atomic mass is 10.1. The summed E-state index contributed by atoms with van der Waals surface area (Å²) in [6.07, 6.45) is 2.48. The Hall–Kier alpha value is -2.31. The van der Waals surface area contributed by atoms with Gasteiger partial charge in [0.1, 0.15) is 11.2 Å². The van der Waals surface area contributed by atoms with Crippen LogP contribution in [0.15, 0.2) is 17.1 Å². The molecule has 1 amide bonds. The van der Waals surface area contributed by atoms with Crippen LogP contribution < -0.4 is 10.5 Å². The number of nitrogens with zero attached hydrogens (tertiary/aromatic N) is 2. The van der Waals surface area contributed by atoms with E-state index in [-0.39, 0.29) is 17.9 Å². The van der Waals surface area contributed by atoms with Crippen LogP contribution in [-0.2, 0) is 27.7 Å². The van der Waals surface area contributed by atoms with Gasteiger partial charge in [-0.15, -0.1) is 0 Å². The Kier molecular flexibility index (Phi) is 7.23. The minimum Gasteiger partial charge on any atom is -0.460 e. The van der Waals surface area contributed by atoms with E-state index >= 15 is 0 Å². The molecule has 0 radical (unpaired) electrons. The largest absolute Gasteiger partial charge is 0.460 e. The van der Waals surface area contributed by atoms with Gasteiger partial charge < -0.3 is 14.0 Å². The van der Waals surface area contributed by atoms with Crippen LogP contribution >= 0.6 is 0 Å². The third-order valence-corrected chi connectivity index (χ3v) is 3.56. The summed E-state index contributed by atoms with van der Waals surface area (Å²) >= 11 is 0. The maximum absolute atomic E-state index is 12.4. The molecule has 0 fully saturated rings. The fourth-order valence-electron chi connectivity index (χ4n) is 2.42. The van der Waals surface area contributed by atoms with Gasteiger partial charge in [0.15, 0.2) is 0 Å². The molecule has 0 aliphatic carbocycles. The Morgan fingerprint density at radius 2 is 1.63 bits per heavy atom. The summed E-state index contributed by atoms with van der Waals surface area (Å²) in [7, 11) is 3.22. The van der Waals surface area contributed by atoms with E-state index in [9.17, 15) is 14.4 Å². The highest BCUT2D eigenvalue weighted by molar-refractivity contribution is 5.88. The topological polar surface area (TPSA) is 77.8 Å². The van der Waals surface area contributed by atoms with Crippen molar-refractivity contribution in [3.05, 3.63) is 28.2 Å². The minimum atomic E-state index is -0.637. The van der Waals surface area contributed by atoms with Crippen molar-refractivity contribution in [3.63, 3.8) is 0 Å². The standard InChI is InChI=1S/C20H32N2O5/c1-19(2,3)26-17(24)11-9-10-14-13-21(7)16(23)12-15(14)22(8)18(25)27-20(4,5)6/h12-13H,9-11H2,1-8H3. The zero-order valence-electron chi connectivity index (χ0n) is 17.7. The summed E-state index contributed by atoms with van der Waals surface area (Å²) in [6.45, 7) is 10.8. The smallest absolute Gasteiger partial charge is 0.414 e. The van der Waals surface area contributed by atoms with Crippen molar-refractivity contribution in [1.82, 2.24) is 4.57 Å². The highest BCUT2D eigenvalue weighted by atomic mass is 16.6. The molecule has 0 saturated carbocycles. The van der Waals surface area contributed by atoms with Crippen molar-refractivity contribution in [2.45, 2.75) is 72.0 Å². The molecule has 7 heteroatoms. The van der Waals surface area contributed by atoms with Gasteiger partial charge in [-0.1, -0.05) is 0 Å². The molecule has 1 aromatic heterocycles. The third kappa shape index (κ3) is 7.85. The van der Waals surface area contributed by atoms with Gasteiger partial charge >= 0.3 is 12.1 Å². The second-order valence-corrected chi connectivity index (χ2v) is 8.61. The molecule has 0 unspecified atom stereocenters. The van der Waals surface area contributed by atoms with Crippen molar-refractivity contribution >= 4 is 17.7 Å². The third-order valence-electron chi connectivity index (χ3n) is 3.56. The number of ether oxygens (including phenoxy) is 2. The molecule has 0 aliphatic rings. The van der Waals surface area contributed by atoms with E-state index in [1.807, 2.05) is 20.8 Å². The molecule has 0 spiro atoms. The molecule has 0 bridgehead atoms. The average molecular weight is 380 g/mol. The highest BCUT2D eigenvalue weighted by Gasteiger charge is 2.23. The van der Waals surface area contributed by atoms with E-state index in [1.54, 1.807) is 41.1 Å². The maximum Gasteiger partial charge on any atom is 0.414 e. The number of carbonyl (C=O) groups excluding carboxylic acids is 2. The molecule has 0 N–H and O–H groups in total. The molecular weight excluding hydrogens is 348 g/mol. The van der Waals surface area contributed by atoms with Gasteiger partial charge in [0.2, 0.25) is 0 Å². The van der Waals surface area contributed by atoms with Crippen molar-refractivity contribution in [2.75, 3.05) is 11.9 Å². The first-order valence-corrected chi connectivity index (χ1v) is 9.08. The van der Waals surface area contributed by atoms with Gasteiger partial charge in [0, 0.05) is 32.8 Å². The van der Waals surface area contributed by atoms with Crippen LogP contribution in [0.2, 0.25) is 0 Å². The molecule has 1 rings (SSSR count). The fraction of sp³-hybridized carbons (Fsp3) is 0.650. The Balaban J connectivity index is 2.94. The zero-order chi connectivity index (χ0) is 21.0. The zero-order valence-corrected chi connectivity index (χ0v) is 17.7. The minimum absolute atomic E-state index is 0.226. The van der Waals surface area contributed by atoms with Gasteiger partial charge in [-0.05, 0) is 59.9 Å². The lowest BCUT2D eigenvalue weighted by Crippen LogP contribution is -2.35. The Bertz CT molecular complexity index is 738. The number of carbonyl (C=O) groups is 2. The number of esters is 1. The summed E-state index contributed by atoms with van der Waals surface area (Å²) in [5.74, 6) is -0.269. The molecule has 0 atom stereocenters. The number of hydrogen-bond acceptors (Lipinski definition) is 5. The lowest BCUT2D eigenvalue weighted by Gasteiger charge is -2.26. The number of aryl methyl sites for hydroxylation is 2. The van der Waals surface area contributed by atoms with Gasteiger partial charge in [-0.2, -0.15) is 0 Å². The summed E-state index contributed by atoms with van der Waals surface area (Å²) in [6, 6.07) is 1.41. The first-order chi connectivity index (χ1) is 12.2. The van der Waals surface area contributed by atoms with Gasteiger partial charge in [-0.25, -0.2) is 4.79 Å². The van der Waals surface area contributed by atoms with E-state index in [4.69, 9.17) is 9.47 Å². The number of rotatable bonds is 5. The first-order valence-electron chi connectivity index (χ1n) is 9.08. The van der Waals surface area contributed by atoms with Crippen LogP contribution in [0.5, 0.6) is 0 Å². The van der Waals surface area contributed by atoms with E-state index in [2.05, 4.69) is 0 Å². The maximum atomic E-state index is 12.4. The molecule has 1 aromatic rings. The molecule has 0 saturated heterocycles. The predicted octanol–water partition coefficient (Wildman–Crippen LogP) is 3.42. The molecule has 0 aromatic carbocycles. The SMILES string of the molecule is CN(C(=O)OC(C)(C)C)c1cc(=O)n(C)cc1CCCC(=O)OC(C)(C)C. The molecular formula is C20H32N2O5. The fourth-order valence-corrected chi connectivity index (χ4v) is 2.42. The van der Waals surface area contributed by atoms with Crippen molar-refractivity contribution in [3.8, 4) is 0 Å². The molecule has 0 aliphatic heterocycles. The number of anilines is 1. The monoisotopic (exact) mass is 380 g/mol. The van der Waals surface area contributed by atoms with Crippen LogP contribution in [0.4, 0.5) is 10.5 Å². The second-order valence-electron chi connectivity index (χ2n) is 8.61. The summed E-state index contributed by atoms with van der Waals surface area (Å²) in [4.78, 5) is 37.6. The molecule has 1 heterocycles. The van der Waals surface area contributed by atoms with Gasteiger partial charge in [-0.3, -0.25) is 14.5 Å². The van der Waals surface area contributed by atoms with E-state index in [0.29, 0.717) is 18.5 Å². The van der Waals surface area contributed by atoms with Crippen molar-refractivity contribution in [1.29, 1.82) is 0 Å². The van der Waals surface area contributed by atoms with Crippen LogP contribution in [-0.4, -0.2) is 34.9 Å². The van der Waals surface area contributed by atoms with Crippen LogP contribution in [0.25, 0.3) is 0 Å². The summed E-state index contributed by atoms with van der Waals surface area (Å²) < 4.78 is 12.1. The number of pyridine rings is 1. The van der Waals surface area contributed by atoms with E-state index < -0.39 is 17.3 Å². The molecule has 27 heavy (non-hydrogen) atoms.